The van der Waals surface area contributed by atoms with Gasteiger partial charge in [-0.25, -0.2) is 9.59 Å². The maximum atomic E-state index is 12.8. The van der Waals surface area contributed by atoms with Crippen molar-refractivity contribution in [1.82, 2.24) is 20.4 Å². The highest BCUT2D eigenvalue weighted by atomic mass is 16.5. The summed E-state index contributed by atoms with van der Waals surface area (Å²) in [6.07, 6.45) is 5.11. The zero-order chi connectivity index (χ0) is 23.5. The van der Waals surface area contributed by atoms with Crippen LogP contribution in [0, 0.1) is 5.92 Å². The number of carbonyl (C=O) groups excluding carboxylic acids is 4. The Morgan fingerprint density at radius 1 is 1.09 bits per heavy atom. The maximum Gasteiger partial charge on any atom is 0.330 e. The number of carboxylic acid groups (broad SMARTS) is 1. The normalized spacial score (nSPS) is 19.4. The van der Waals surface area contributed by atoms with Crippen LogP contribution in [0.15, 0.2) is 23.8 Å². The van der Waals surface area contributed by atoms with Crippen molar-refractivity contribution >= 4 is 29.7 Å². The van der Waals surface area contributed by atoms with E-state index in [1.54, 1.807) is 0 Å². The van der Waals surface area contributed by atoms with Gasteiger partial charge in [-0.1, -0.05) is 0 Å². The standard InChI is InChI=1S/C21H30N4O7/c1-32-20(30)13-16(21(31)23-6-10-24-8-2-3-9-24)15-12-18(27)25(14-15)11-7-22-17(26)4-5-19(28)29/h4-5,13,15H,2-3,6-12,14H2,1H3,(H,22,26)(H,23,31)(H,28,29)/b5-4-,16-13-. The van der Waals surface area contributed by atoms with Crippen LogP contribution in [0.1, 0.15) is 19.3 Å². The van der Waals surface area contributed by atoms with Crippen LogP contribution in [-0.2, 0) is 28.7 Å². The molecular weight excluding hydrogens is 420 g/mol. The first kappa shape index (κ1) is 25.1. The summed E-state index contributed by atoms with van der Waals surface area (Å²) in [5.74, 6) is -3.57. The van der Waals surface area contributed by atoms with E-state index in [1.165, 1.54) is 12.0 Å². The number of hydrogen-bond acceptors (Lipinski definition) is 7. The van der Waals surface area contributed by atoms with Crippen molar-refractivity contribution in [2.75, 3.05) is 52.9 Å². The number of carboxylic acids is 1. The summed E-state index contributed by atoms with van der Waals surface area (Å²) in [7, 11) is 1.22. The molecule has 3 amide bonds. The second-order valence-electron chi connectivity index (χ2n) is 7.63. The molecule has 0 aromatic rings. The molecule has 0 aromatic carbocycles. The van der Waals surface area contributed by atoms with Crippen LogP contribution in [0.25, 0.3) is 0 Å². The van der Waals surface area contributed by atoms with Gasteiger partial charge in [0, 0.05) is 68.9 Å². The Labute approximate surface area is 186 Å². The Hall–Kier alpha value is -3.21. The number of hydrogen-bond donors (Lipinski definition) is 3. The molecule has 0 spiro atoms. The monoisotopic (exact) mass is 450 g/mol. The number of ether oxygens (including phenoxy) is 1. The predicted molar refractivity (Wildman–Crippen MR) is 113 cm³/mol. The van der Waals surface area contributed by atoms with Gasteiger partial charge in [-0.05, 0) is 25.9 Å². The van der Waals surface area contributed by atoms with E-state index in [9.17, 15) is 24.0 Å². The van der Waals surface area contributed by atoms with E-state index in [0.29, 0.717) is 6.54 Å². The molecule has 1 unspecified atom stereocenters. The zero-order valence-corrected chi connectivity index (χ0v) is 18.2. The lowest BCUT2D eigenvalue weighted by Crippen LogP contribution is -2.37. The second kappa shape index (κ2) is 12.6. The van der Waals surface area contributed by atoms with Gasteiger partial charge in [0.2, 0.25) is 17.7 Å². The first-order chi connectivity index (χ1) is 15.3. The predicted octanol–water partition coefficient (Wildman–Crippen LogP) is -1.10. The van der Waals surface area contributed by atoms with E-state index in [1.807, 2.05) is 0 Å². The number of esters is 1. The largest absolute Gasteiger partial charge is 0.478 e. The Kier molecular flexibility index (Phi) is 9.86. The van der Waals surface area contributed by atoms with Crippen LogP contribution in [0.2, 0.25) is 0 Å². The summed E-state index contributed by atoms with van der Waals surface area (Å²) in [5, 5.41) is 13.8. The van der Waals surface area contributed by atoms with Gasteiger partial charge in [0.1, 0.15) is 0 Å². The van der Waals surface area contributed by atoms with E-state index in [-0.39, 0.29) is 37.5 Å². The van der Waals surface area contributed by atoms with Crippen LogP contribution < -0.4 is 10.6 Å². The number of aliphatic carboxylic acids is 1. The number of methoxy groups -OCH3 is 1. The van der Waals surface area contributed by atoms with E-state index in [2.05, 4.69) is 20.3 Å². The number of nitrogens with zero attached hydrogens (tertiary/aromatic N) is 2. The molecule has 2 aliphatic rings. The van der Waals surface area contributed by atoms with Gasteiger partial charge in [-0.2, -0.15) is 0 Å². The van der Waals surface area contributed by atoms with Crippen LogP contribution in [0.5, 0.6) is 0 Å². The SMILES string of the molecule is COC(=O)/C=C(\C(=O)NCCN1CCCC1)C1CC(=O)N(CCNC(=O)/C=C\C(=O)O)C1. The van der Waals surface area contributed by atoms with Gasteiger partial charge >= 0.3 is 11.9 Å². The average Bonchev–Trinajstić information content (AvgIpc) is 3.40. The molecule has 32 heavy (non-hydrogen) atoms. The summed E-state index contributed by atoms with van der Waals surface area (Å²) in [6.45, 7) is 3.73. The van der Waals surface area contributed by atoms with E-state index in [4.69, 9.17) is 5.11 Å². The molecule has 2 rings (SSSR count). The summed E-state index contributed by atoms with van der Waals surface area (Å²) < 4.78 is 4.66. The molecular formula is C21H30N4O7. The Morgan fingerprint density at radius 3 is 2.44 bits per heavy atom. The van der Waals surface area contributed by atoms with Crippen molar-refractivity contribution in [3.63, 3.8) is 0 Å². The van der Waals surface area contributed by atoms with Crippen molar-refractivity contribution in [2.24, 2.45) is 5.92 Å². The molecule has 2 fully saturated rings. The Bertz CT molecular complexity index is 787. The first-order valence-electron chi connectivity index (χ1n) is 10.6. The third-order valence-corrected chi connectivity index (χ3v) is 5.36. The summed E-state index contributed by atoms with van der Waals surface area (Å²) in [6, 6.07) is 0. The lowest BCUT2D eigenvalue weighted by atomic mass is 9.96. The minimum absolute atomic E-state index is 0.0647. The highest BCUT2D eigenvalue weighted by molar-refractivity contribution is 6.01. The molecule has 0 aliphatic carbocycles. The lowest BCUT2D eigenvalue weighted by molar-refractivity contribution is -0.135. The van der Waals surface area contributed by atoms with E-state index >= 15 is 0 Å². The van der Waals surface area contributed by atoms with Gasteiger partial charge in [0.15, 0.2) is 0 Å². The van der Waals surface area contributed by atoms with Gasteiger partial charge in [-0.15, -0.1) is 0 Å². The molecule has 2 saturated heterocycles. The highest BCUT2D eigenvalue weighted by Gasteiger charge is 2.34. The van der Waals surface area contributed by atoms with Crippen LogP contribution in [0.3, 0.4) is 0 Å². The van der Waals surface area contributed by atoms with Crippen LogP contribution >= 0.6 is 0 Å². The van der Waals surface area contributed by atoms with Gasteiger partial charge in [0.05, 0.1) is 7.11 Å². The number of rotatable bonds is 11. The minimum atomic E-state index is -1.23. The maximum absolute atomic E-state index is 12.8. The second-order valence-corrected chi connectivity index (χ2v) is 7.63. The van der Waals surface area contributed by atoms with Crippen molar-refractivity contribution in [1.29, 1.82) is 0 Å². The van der Waals surface area contributed by atoms with Crippen molar-refractivity contribution in [3.05, 3.63) is 23.8 Å². The molecule has 3 N–H and O–H groups in total. The first-order valence-corrected chi connectivity index (χ1v) is 10.6. The summed E-state index contributed by atoms with van der Waals surface area (Å²) in [5.41, 5.74) is 0.197. The molecule has 176 valence electrons. The fourth-order valence-electron chi connectivity index (χ4n) is 3.71. The molecule has 2 heterocycles. The van der Waals surface area contributed by atoms with E-state index in [0.717, 1.165) is 50.7 Å². The van der Waals surface area contributed by atoms with E-state index < -0.39 is 29.7 Å². The van der Waals surface area contributed by atoms with Crippen LogP contribution in [0.4, 0.5) is 0 Å². The van der Waals surface area contributed by atoms with Crippen LogP contribution in [-0.4, -0.2) is 97.5 Å². The number of carbonyl (C=O) groups is 5. The van der Waals surface area contributed by atoms with Crippen molar-refractivity contribution < 1.29 is 33.8 Å². The Balaban J connectivity index is 1.90. The zero-order valence-electron chi connectivity index (χ0n) is 18.2. The topological polar surface area (TPSA) is 145 Å². The fourth-order valence-corrected chi connectivity index (χ4v) is 3.71. The highest BCUT2D eigenvalue weighted by Crippen LogP contribution is 2.25. The minimum Gasteiger partial charge on any atom is -0.478 e. The smallest absolute Gasteiger partial charge is 0.330 e. The molecule has 0 radical (unpaired) electrons. The molecule has 1 atom stereocenters. The summed E-state index contributed by atoms with van der Waals surface area (Å²) >= 11 is 0. The number of nitrogens with one attached hydrogen (secondary N) is 2. The van der Waals surface area contributed by atoms with Crippen molar-refractivity contribution in [2.45, 2.75) is 19.3 Å². The number of amides is 3. The molecule has 0 aromatic heterocycles. The number of likely N-dealkylation sites (tertiary alicyclic amines) is 2. The molecule has 0 bridgehead atoms. The molecule has 2 aliphatic heterocycles. The third-order valence-electron chi connectivity index (χ3n) is 5.36. The van der Waals surface area contributed by atoms with Gasteiger partial charge in [-0.3, -0.25) is 14.4 Å². The van der Waals surface area contributed by atoms with Gasteiger partial charge in [0.25, 0.3) is 0 Å². The fraction of sp³-hybridized carbons (Fsp3) is 0.571. The quantitative estimate of drug-likeness (QED) is 0.266. The Morgan fingerprint density at radius 2 is 1.78 bits per heavy atom. The average molecular weight is 450 g/mol. The molecule has 11 heteroatoms. The molecule has 0 saturated carbocycles. The molecule has 11 nitrogen and oxygen atoms in total. The van der Waals surface area contributed by atoms with Gasteiger partial charge < -0.3 is 30.3 Å². The summed E-state index contributed by atoms with van der Waals surface area (Å²) in [4.78, 5) is 62.6. The van der Waals surface area contributed by atoms with Crippen molar-refractivity contribution in [3.8, 4) is 0 Å². The lowest BCUT2D eigenvalue weighted by Gasteiger charge is -2.19. The third kappa shape index (κ3) is 8.14.